The molecule has 0 saturated heterocycles. The zero-order valence-corrected chi connectivity index (χ0v) is 15.6. The second-order valence-corrected chi connectivity index (χ2v) is 5.72. The van der Waals surface area contributed by atoms with Crippen molar-refractivity contribution in [2.24, 2.45) is 5.10 Å². The fraction of sp³-hybridized carbons (Fsp3) is 0.158. The summed E-state index contributed by atoms with van der Waals surface area (Å²) in [6, 6.07) is 8.30. The van der Waals surface area contributed by atoms with Gasteiger partial charge >= 0.3 is 5.97 Å². The quantitative estimate of drug-likeness (QED) is 0.516. The lowest BCUT2D eigenvalue weighted by atomic mass is 10.2. The highest BCUT2D eigenvalue weighted by Gasteiger charge is 2.11. The van der Waals surface area contributed by atoms with Crippen LogP contribution in [0.5, 0.6) is 17.4 Å². The van der Waals surface area contributed by atoms with Gasteiger partial charge in [0.05, 0.1) is 37.9 Å². The fourth-order valence-electron chi connectivity index (χ4n) is 2.40. The highest BCUT2D eigenvalue weighted by Crippen LogP contribution is 2.31. The lowest BCUT2D eigenvalue weighted by Crippen LogP contribution is -2.02. The van der Waals surface area contributed by atoms with Gasteiger partial charge in [-0.2, -0.15) is 5.10 Å². The van der Waals surface area contributed by atoms with E-state index >= 15 is 0 Å². The Morgan fingerprint density at radius 2 is 2.04 bits per heavy atom. The van der Waals surface area contributed by atoms with E-state index in [0.29, 0.717) is 23.0 Å². The second kappa shape index (κ2) is 8.21. The number of aromatic nitrogens is 3. The van der Waals surface area contributed by atoms with E-state index in [2.05, 4.69) is 15.1 Å². The van der Waals surface area contributed by atoms with Crippen LogP contribution in [0.15, 0.2) is 47.8 Å². The normalized spacial score (nSPS) is 10.8. The lowest BCUT2D eigenvalue weighted by Gasteiger charge is -2.10. The molecule has 0 aliphatic carbocycles. The minimum absolute atomic E-state index is 0.240. The van der Waals surface area contributed by atoms with E-state index in [1.807, 2.05) is 6.92 Å². The van der Waals surface area contributed by atoms with Crippen LogP contribution >= 0.6 is 0 Å². The highest BCUT2D eigenvalue weighted by atomic mass is 16.5. The first kappa shape index (κ1) is 18.9. The number of esters is 1. The molecule has 0 fully saturated rings. The van der Waals surface area contributed by atoms with Gasteiger partial charge in [-0.15, -0.1) is 0 Å². The van der Waals surface area contributed by atoms with Gasteiger partial charge in [-0.25, -0.2) is 19.4 Å². The van der Waals surface area contributed by atoms with E-state index in [9.17, 15) is 4.79 Å². The van der Waals surface area contributed by atoms with Crippen LogP contribution in [0, 0.1) is 6.92 Å². The number of hydrogen-bond acceptors (Lipinski definition) is 8. The topological polar surface area (TPSA) is 114 Å². The first-order valence-corrected chi connectivity index (χ1v) is 8.26. The van der Waals surface area contributed by atoms with Crippen molar-refractivity contribution in [3.8, 4) is 17.4 Å². The number of nitrogens with zero attached hydrogens (tertiary/aromatic N) is 4. The molecular weight excluding hydrogens is 362 g/mol. The molecule has 28 heavy (non-hydrogen) atoms. The van der Waals surface area contributed by atoms with Gasteiger partial charge in [0, 0.05) is 12.3 Å². The Hall–Kier alpha value is -3.88. The maximum atomic E-state index is 11.6. The Morgan fingerprint density at radius 3 is 2.71 bits per heavy atom. The Morgan fingerprint density at radius 1 is 1.21 bits per heavy atom. The van der Waals surface area contributed by atoms with E-state index < -0.39 is 5.97 Å². The summed E-state index contributed by atoms with van der Waals surface area (Å²) < 4.78 is 17.3. The van der Waals surface area contributed by atoms with Gasteiger partial charge in [-0.1, -0.05) is 0 Å². The number of carbonyl (C=O) groups excluding carboxylic acids is 1. The molecule has 0 saturated carbocycles. The number of aryl methyl sites for hydroxylation is 1. The standard InChI is InChI=1S/C19H19N5O4/c1-12-11-24(19(20)23-12)22-10-13-4-5-15(16(8-13)26-2)28-17-9-14(6-7-21-17)18(25)27-3/h4-11H,1-3H3,(H2,20,23). The number of pyridine rings is 1. The minimum atomic E-state index is -0.472. The molecule has 9 heteroatoms. The number of nitrogens with two attached hydrogens (primary N) is 1. The number of anilines is 1. The van der Waals surface area contributed by atoms with Crippen LogP contribution in [0.2, 0.25) is 0 Å². The molecule has 0 spiro atoms. The van der Waals surface area contributed by atoms with Gasteiger partial charge in [0.1, 0.15) is 0 Å². The van der Waals surface area contributed by atoms with Gasteiger partial charge in [-0.3, -0.25) is 0 Å². The van der Waals surface area contributed by atoms with Crippen molar-refractivity contribution in [1.29, 1.82) is 0 Å². The summed E-state index contributed by atoms with van der Waals surface area (Å²) >= 11 is 0. The summed E-state index contributed by atoms with van der Waals surface area (Å²) in [6.07, 6.45) is 4.81. The smallest absolute Gasteiger partial charge is 0.338 e. The zero-order chi connectivity index (χ0) is 20.1. The van der Waals surface area contributed by atoms with Crippen molar-refractivity contribution in [3.05, 3.63) is 59.5 Å². The molecule has 0 bridgehead atoms. The number of methoxy groups -OCH3 is 2. The maximum absolute atomic E-state index is 11.6. The van der Waals surface area contributed by atoms with Crippen LogP contribution in [-0.2, 0) is 4.74 Å². The molecule has 0 aliphatic rings. The van der Waals surface area contributed by atoms with Crippen molar-refractivity contribution in [2.75, 3.05) is 20.0 Å². The molecule has 0 unspecified atom stereocenters. The predicted octanol–water partition coefficient (Wildman–Crippen LogP) is 2.64. The van der Waals surface area contributed by atoms with E-state index in [0.717, 1.165) is 11.3 Å². The van der Waals surface area contributed by atoms with Crippen molar-refractivity contribution in [3.63, 3.8) is 0 Å². The number of rotatable bonds is 6. The molecule has 3 aromatic rings. The molecule has 0 atom stereocenters. The Kier molecular flexibility index (Phi) is 5.54. The third-order valence-electron chi connectivity index (χ3n) is 3.72. The van der Waals surface area contributed by atoms with Crippen LogP contribution in [-0.4, -0.2) is 41.0 Å². The number of nitrogen functional groups attached to an aromatic ring is 1. The molecule has 144 valence electrons. The van der Waals surface area contributed by atoms with Gasteiger partial charge in [-0.05, 0) is 36.8 Å². The monoisotopic (exact) mass is 381 g/mol. The van der Waals surface area contributed by atoms with Crippen LogP contribution in [0.4, 0.5) is 5.95 Å². The van der Waals surface area contributed by atoms with E-state index in [1.165, 1.54) is 31.2 Å². The minimum Gasteiger partial charge on any atom is -0.493 e. The van der Waals surface area contributed by atoms with Gasteiger partial charge in [0.25, 0.3) is 0 Å². The molecule has 3 rings (SSSR count). The predicted molar refractivity (Wildman–Crippen MR) is 103 cm³/mol. The number of ether oxygens (including phenoxy) is 3. The van der Waals surface area contributed by atoms with Gasteiger partial charge in [0.2, 0.25) is 11.8 Å². The molecule has 2 N–H and O–H groups in total. The third-order valence-corrected chi connectivity index (χ3v) is 3.72. The van der Waals surface area contributed by atoms with Crippen molar-refractivity contribution in [1.82, 2.24) is 14.6 Å². The second-order valence-electron chi connectivity index (χ2n) is 5.72. The summed E-state index contributed by atoms with van der Waals surface area (Å²) in [5, 5.41) is 4.27. The van der Waals surface area contributed by atoms with Crippen molar-refractivity contribution >= 4 is 18.1 Å². The van der Waals surface area contributed by atoms with Crippen LogP contribution in [0.3, 0.4) is 0 Å². The lowest BCUT2D eigenvalue weighted by molar-refractivity contribution is 0.0600. The first-order valence-electron chi connectivity index (χ1n) is 8.26. The maximum Gasteiger partial charge on any atom is 0.338 e. The summed E-state index contributed by atoms with van der Waals surface area (Å²) in [6.45, 7) is 1.83. The molecule has 0 radical (unpaired) electrons. The van der Waals surface area contributed by atoms with Gasteiger partial charge < -0.3 is 19.9 Å². The van der Waals surface area contributed by atoms with Crippen LogP contribution in [0.1, 0.15) is 21.6 Å². The molecule has 2 heterocycles. The SMILES string of the molecule is COC(=O)c1ccnc(Oc2ccc(C=Nn3cc(C)nc3N)cc2OC)c1. The number of benzene rings is 1. The third kappa shape index (κ3) is 4.26. The Labute approximate surface area is 161 Å². The molecular formula is C19H19N5O4. The Balaban J connectivity index is 1.82. The number of hydrogen-bond donors (Lipinski definition) is 1. The van der Waals surface area contributed by atoms with Crippen molar-refractivity contribution < 1.29 is 19.0 Å². The fourth-order valence-corrected chi connectivity index (χ4v) is 2.40. The average molecular weight is 381 g/mol. The summed E-state index contributed by atoms with van der Waals surface area (Å²) in [7, 11) is 2.84. The van der Waals surface area contributed by atoms with E-state index in [4.69, 9.17) is 19.9 Å². The summed E-state index contributed by atoms with van der Waals surface area (Å²) in [4.78, 5) is 19.8. The number of imidazole rings is 1. The average Bonchev–Trinajstić information content (AvgIpc) is 3.03. The van der Waals surface area contributed by atoms with Gasteiger partial charge in [0.15, 0.2) is 11.5 Å². The van der Waals surface area contributed by atoms with Crippen molar-refractivity contribution in [2.45, 2.75) is 6.92 Å². The summed E-state index contributed by atoms with van der Waals surface area (Å²) in [5.41, 5.74) is 7.65. The molecule has 0 amide bonds. The molecule has 1 aromatic carbocycles. The van der Waals surface area contributed by atoms with Crippen LogP contribution in [0.25, 0.3) is 0 Å². The Bertz CT molecular complexity index is 1030. The number of carbonyl (C=O) groups is 1. The zero-order valence-electron chi connectivity index (χ0n) is 15.6. The molecule has 9 nitrogen and oxygen atoms in total. The summed E-state index contributed by atoms with van der Waals surface area (Å²) in [5.74, 6) is 0.984. The molecule has 0 aliphatic heterocycles. The van der Waals surface area contributed by atoms with E-state index in [-0.39, 0.29) is 5.88 Å². The van der Waals surface area contributed by atoms with Crippen LogP contribution < -0.4 is 15.2 Å². The van der Waals surface area contributed by atoms with E-state index in [1.54, 1.807) is 36.7 Å². The first-order chi connectivity index (χ1) is 13.5. The molecule has 2 aromatic heterocycles. The highest BCUT2D eigenvalue weighted by molar-refractivity contribution is 5.89. The largest absolute Gasteiger partial charge is 0.493 e.